The summed E-state index contributed by atoms with van der Waals surface area (Å²) in [5.41, 5.74) is 1.81. The molecule has 27 heavy (non-hydrogen) atoms. The Morgan fingerprint density at radius 2 is 1.56 bits per heavy atom. The van der Waals surface area contributed by atoms with E-state index in [1.165, 1.54) is 12.1 Å². The Morgan fingerprint density at radius 3 is 2.07 bits per heavy atom. The van der Waals surface area contributed by atoms with E-state index in [9.17, 15) is 15.0 Å². The third-order valence-electron chi connectivity index (χ3n) is 4.09. The number of hydrogen-bond donors (Lipinski definition) is 1. The molecule has 0 saturated carbocycles. The monoisotopic (exact) mass is 374 g/mol. The molecule has 0 heterocycles. The van der Waals surface area contributed by atoms with Crippen LogP contribution in [-0.2, 0) is 0 Å². The van der Waals surface area contributed by atoms with Crippen molar-refractivity contribution < 1.29 is 14.9 Å². The van der Waals surface area contributed by atoms with Gasteiger partial charge in [-0.1, -0.05) is 0 Å². The van der Waals surface area contributed by atoms with Crippen LogP contribution in [0.1, 0.15) is 19.3 Å². The van der Waals surface area contributed by atoms with Gasteiger partial charge in [0.2, 0.25) is 0 Å². The summed E-state index contributed by atoms with van der Waals surface area (Å²) in [6, 6.07) is 13.9. The molecule has 9 heteroatoms. The van der Waals surface area contributed by atoms with E-state index in [1.54, 1.807) is 19.2 Å². The quantitative estimate of drug-likeness (QED) is 0.270. The first-order valence-electron chi connectivity index (χ1n) is 8.51. The van der Waals surface area contributed by atoms with E-state index in [1.807, 2.05) is 24.3 Å². The van der Waals surface area contributed by atoms with Gasteiger partial charge in [0, 0.05) is 30.1 Å². The maximum atomic E-state index is 10.9. The molecule has 0 bridgehead atoms. The molecule has 144 valence electrons. The Balaban J connectivity index is 2.10. The first-order chi connectivity index (χ1) is 13.0. The Morgan fingerprint density at radius 1 is 1.00 bits per heavy atom. The van der Waals surface area contributed by atoms with Crippen molar-refractivity contribution in [2.24, 2.45) is 5.29 Å². The van der Waals surface area contributed by atoms with E-state index in [0.29, 0.717) is 18.1 Å². The van der Waals surface area contributed by atoms with Gasteiger partial charge in [0.25, 0.3) is 5.69 Å². The highest BCUT2D eigenvalue weighted by Crippen LogP contribution is 2.29. The Labute approximate surface area is 156 Å². The second-order valence-corrected chi connectivity index (χ2v) is 5.86. The number of methoxy groups -OCH3 is 1. The third kappa shape index (κ3) is 5.93. The van der Waals surface area contributed by atoms with Crippen LogP contribution < -0.4 is 9.64 Å². The second-order valence-electron chi connectivity index (χ2n) is 5.86. The van der Waals surface area contributed by atoms with Gasteiger partial charge in [-0.3, -0.25) is 15.3 Å². The van der Waals surface area contributed by atoms with Gasteiger partial charge in [0.15, 0.2) is 0 Å². The van der Waals surface area contributed by atoms with Crippen LogP contribution in [0.4, 0.5) is 17.1 Å². The predicted molar refractivity (Wildman–Crippen MR) is 101 cm³/mol. The van der Waals surface area contributed by atoms with Gasteiger partial charge in [-0.2, -0.15) is 0 Å². The molecule has 0 unspecified atom stereocenters. The van der Waals surface area contributed by atoms with E-state index in [0.717, 1.165) is 30.0 Å². The molecule has 1 N–H and O–H groups in total. The fraction of sp³-hybridized carbons (Fsp3) is 0.333. The minimum absolute atomic E-state index is 0.0397. The van der Waals surface area contributed by atoms with E-state index >= 15 is 0 Å². The summed E-state index contributed by atoms with van der Waals surface area (Å²) in [4.78, 5) is 22.6. The van der Waals surface area contributed by atoms with Crippen LogP contribution in [-0.4, -0.2) is 35.5 Å². The minimum atomic E-state index is -0.427. The lowest BCUT2D eigenvalue weighted by Crippen LogP contribution is -2.19. The highest BCUT2D eigenvalue weighted by molar-refractivity contribution is 5.65. The Kier molecular flexibility index (Phi) is 7.50. The standard InChI is InChI=1S/C18H22N4O5/c1-27-18-11-9-16(10-12-18)20(13-3-2-4-14-21(24)19-23)15-5-7-17(8-6-15)22(25)26/h5-12,24H,2-4,13-14H2,1H3. The van der Waals surface area contributed by atoms with Crippen LogP contribution in [0.25, 0.3) is 0 Å². The van der Waals surface area contributed by atoms with Gasteiger partial charge in [-0.25, -0.2) is 0 Å². The second kappa shape index (κ2) is 10.1. The summed E-state index contributed by atoms with van der Waals surface area (Å²) in [6.45, 7) is 0.855. The van der Waals surface area contributed by atoms with Gasteiger partial charge in [0.1, 0.15) is 5.75 Å². The molecule has 0 aromatic heterocycles. The molecule has 0 aliphatic rings. The molecule has 0 atom stereocenters. The number of unbranched alkanes of at least 4 members (excludes halogenated alkanes) is 2. The van der Waals surface area contributed by atoms with Gasteiger partial charge < -0.3 is 9.64 Å². The van der Waals surface area contributed by atoms with Crippen molar-refractivity contribution in [3.63, 3.8) is 0 Å². The van der Waals surface area contributed by atoms with Crippen LogP contribution in [0.15, 0.2) is 53.8 Å². The van der Waals surface area contributed by atoms with E-state index in [4.69, 9.17) is 9.94 Å². The van der Waals surface area contributed by atoms with Gasteiger partial charge in [-0.15, -0.1) is 10.1 Å². The number of ether oxygens (including phenoxy) is 1. The largest absolute Gasteiger partial charge is 0.497 e. The maximum Gasteiger partial charge on any atom is 0.269 e. The Hall–Kier alpha value is -3.20. The molecule has 0 radical (unpaired) electrons. The predicted octanol–water partition coefficient (Wildman–Crippen LogP) is 4.28. The van der Waals surface area contributed by atoms with Crippen LogP contribution in [0.3, 0.4) is 0 Å². The average Bonchev–Trinajstić information content (AvgIpc) is 2.70. The molecule has 2 aromatic rings. The zero-order chi connectivity index (χ0) is 19.6. The number of nitro benzene ring substituents is 1. The van der Waals surface area contributed by atoms with Gasteiger partial charge in [0.05, 0.1) is 23.9 Å². The lowest BCUT2D eigenvalue weighted by molar-refractivity contribution is -0.384. The number of non-ortho nitro benzene ring substituents is 1. The van der Waals surface area contributed by atoms with Crippen molar-refractivity contribution >= 4 is 17.1 Å². The van der Waals surface area contributed by atoms with Crippen LogP contribution in [0.5, 0.6) is 5.75 Å². The van der Waals surface area contributed by atoms with Crippen LogP contribution in [0, 0.1) is 15.0 Å². The highest BCUT2D eigenvalue weighted by atomic mass is 16.6. The summed E-state index contributed by atoms with van der Waals surface area (Å²) >= 11 is 0. The normalized spacial score (nSPS) is 10.3. The molecule has 2 rings (SSSR count). The number of hydroxylamine groups is 1. The lowest BCUT2D eigenvalue weighted by atomic mass is 10.1. The SMILES string of the molecule is COc1ccc(N(CCCCCN(O)N=O)c2ccc([N+](=O)[O-])cc2)cc1. The topological polar surface area (TPSA) is 109 Å². The minimum Gasteiger partial charge on any atom is -0.497 e. The van der Waals surface area contributed by atoms with Gasteiger partial charge in [-0.05, 0) is 55.7 Å². The number of anilines is 2. The molecular formula is C18H22N4O5. The molecule has 0 spiro atoms. The molecule has 0 aliphatic heterocycles. The summed E-state index contributed by atoms with van der Waals surface area (Å²) < 4.78 is 5.19. The zero-order valence-corrected chi connectivity index (χ0v) is 15.0. The van der Waals surface area contributed by atoms with Crippen LogP contribution >= 0.6 is 0 Å². The molecule has 0 aliphatic carbocycles. The number of benzene rings is 2. The first kappa shape index (κ1) is 20.1. The fourth-order valence-electron chi connectivity index (χ4n) is 2.66. The summed E-state index contributed by atoms with van der Waals surface area (Å²) in [5.74, 6) is 0.742. The van der Waals surface area contributed by atoms with Crippen molar-refractivity contribution in [1.29, 1.82) is 0 Å². The van der Waals surface area contributed by atoms with Gasteiger partial charge >= 0.3 is 0 Å². The summed E-state index contributed by atoms with van der Waals surface area (Å²) in [6.07, 6.45) is 2.21. The molecule has 0 fully saturated rings. The van der Waals surface area contributed by atoms with Crippen molar-refractivity contribution in [3.05, 3.63) is 63.6 Å². The molecule has 0 amide bonds. The van der Waals surface area contributed by atoms with Crippen molar-refractivity contribution in [1.82, 2.24) is 5.17 Å². The van der Waals surface area contributed by atoms with Crippen LogP contribution in [0.2, 0.25) is 0 Å². The van der Waals surface area contributed by atoms with Crippen molar-refractivity contribution in [2.45, 2.75) is 19.3 Å². The lowest BCUT2D eigenvalue weighted by Gasteiger charge is -2.25. The third-order valence-corrected chi connectivity index (χ3v) is 4.09. The summed E-state index contributed by atoms with van der Waals surface area (Å²) in [7, 11) is 1.60. The maximum absolute atomic E-state index is 10.9. The number of hydrogen-bond acceptors (Lipinski definition) is 7. The smallest absolute Gasteiger partial charge is 0.269 e. The number of rotatable bonds is 11. The van der Waals surface area contributed by atoms with Crippen molar-refractivity contribution in [2.75, 3.05) is 25.1 Å². The molecule has 9 nitrogen and oxygen atoms in total. The molecule has 0 saturated heterocycles. The fourth-order valence-corrected chi connectivity index (χ4v) is 2.66. The number of nitrogens with zero attached hydrogens (tertiary/aromatic N) is 4. The highest BCUT2D eigenvalue weighted by Gasteiger charge is 2.12. The Bertz CT molecular complexity index is 736. The van der Waals surface area contributed by atoms with E-state index < -0.39 is 4.92 Å². The number of nitroso groups, excluding NO2 is 1. The van der Waals surface area contributed by atoms with E-state index in [2.05, 4.69) is 10.2 Å². The van der Waals surface area contributed by atoms with E-state index in [-0.39, 0.29) is 12.2 Å². The average molecular weight is 374 g/mol. The summed E-state index contributed by atoms with van der Waals surface area (Å²) in [5, 5.41) is 22.7. The zero-order valence-electron chi connectivity index (χ0n) is 15.0. The molecular weight excluding hydrogens is 352 g/mol. The first-order valence-corrected chi connectivity index (χ1v) is 8.51. The molecule has 2 aromatic carbocycles. The number of nitro groups is 1. The van der Waals surface area contributed by atoms with Crippen molar-refractivity contribution in [3.8, 4) is 5.75 Å².